The number of carbonyl (C=O) groups excluding carboxylic acids is 2. The minimum absolute atomic E-state index is 0.00570. The molecule has 7 rings (SSSR count). The van der Waals surface area contributed by atoms with Crippen LogP contribution in [0.2, 0.25) is 0 Å². The smallest absolute Gasteiger partial charge is 0.249 e. The molecule has 1 aromatic heterocycles. The average Bonchev–Trinajstić information content (AvgIpc) is 3.47. The highest BCUT2D eigenvalue weighted by Crippen LogP contribution is 2.59. The highest BCUT2D eigenvalue weighted by Gasteiger charge is 2.66. The number of aromatic nitrogens is 1. The van der Waals surface area contributed by atoms with Crippen LogP contribution >= 0.6 is 0 Å². The summed E-state index contributed by atoms with van der Waals surface area (Å²) in [4.78, 5) is 35.4. The van der Waals surface area contributed by atoms with Gasteiger partial charge in [0.25, 0.3) is 0 Å². The first-order valence-corrected chi connectivity index (χ1v) is 13.0. The lowest BCUT2D eigenvalue weighted by Crippen LogP contribution is -2.66. The molecule has 1 N–H and O–H groups in total. The Morgan fingerprint density at radius 1 is 0.973 bits per heavy atom. The van der Waals surface area contributed by atoms with Crippen molar-refractivity contribution in [3.63, 3.8) is 0 Å². The van der Waals surface area contributed by atoms with Crippen LogP contribution in [0.1, 0.15) is 35.6 Å². The standard InChI is InChI=1S/C31H29N3O3/c1-31-28(20-9-3-2-4-10-20)24-19-37-26-14-8-6-12-23(26)29(24)34(31)27(35)18-33(30(31)36)16-15-21-17-32-25-13-7-5-11-22(21)25/h2-14,17,24,28-29,32H,15-16,18-19H2,1H3/t24?,28?,29?,31-/m1/s1. The number of para-hydroxylation sites is 2. The molecule has 0 bridgehead atoms. The maximum Gasteiger partial charge on any atom is 0.249 e. The zero-order valence-corrected chi connectivity index (χ0v) is 20.8. The van der Waals surface area contributed by atoms with Crippen LogP contribution in [0.25, 0.3) is 10.9 Å². The first kappa shape index (κ1) is 22.2. The number of hydrogen-bond acceptors (Lipinski definition) is 3. The summed E-state index contributed by atoms with van der Waals surface area (Å²) >= 11 is 0. The molecule has 4 aromatic rings. The molecule has 186 valence electrons. The van der Waals surface area contributed by atoms with Gasteiger partial charge in [-0.1, -0.05) is 66.7 Å². The number of carbonyl (C=O) groups is 2. The summed E-state index contributed by atoms with van der Waals surface area (Å²) in [6.45, 7) is 3.05. The van der Waals surface area contributed by atoms with Gasteiger partial charge in [-0.15, -0.1) is 0 Å². The van der Waals surface area contributed by atoms with Gasteiger partial charge in [-0.2, -0.15) is 0 Å². The number of ether oxygens (including phenoxy) is 1. The number of piperazine rings is 1. The van der Waals surface area contributed by atoms with Crippen molar-refractivity contribution in [2.75, 3.05) is 19.7 Å². The Hall–Kier alpha value is -4.06. The number of nitrogens with zero attached hydrogens (tertiary/aromatic N) is 2. The third kappa shape index (κ3) is 3.18. The van der Waals surface area contributed by atoms with Crippen LogP contribution in [0.4, 0.5) is 0 Å². The van der Waals surface area contributed by atoms with Gasteiger partial charge in [0.2, 0.25) is 11.8 Å². The lowest BCUT2D eigenvalue weighted by Gasteiger charge is -2.47. The lowest BCUT2D eigenvalue weighted by atomic mass is 9.73. The first-order chi connectivity index (χ1) is 18.1. The van der Waals surface area contributed by atoms with Crippen LogP contribution in [-0.4, -0.2) is 51.8 Å². The first-order valence-electron chi connectivity index (χ1n) is 13.0. The number of H-pyrrole nitrogens is 1. The second kappa shape index (κ2) is 8.23. The predicted octanol–water partition coefficient (Wildman–Crippen LogP) is 4.69. The molecule has 37 heavy (non-hydrogen) atoms. The van der Waals surface area contributed by atoms with Crippen LogP contribution in [-0.2, 0) is 16.0 Å². The van der Waals surface area contributed by atoms with E-state index in [2.05, 4.69) is 29.2 Å². The number of fused-ring (bicyclic) bond motifs is 6. The fraction of sp³-hybridized carbons (Fsp3) is 0.290. The average molecular weight is 492 g/mol. The van der Waals surface area contributed by atoms with Crippen molar-refractivity contribution in [1.82, 2.24) is 14.8 Å². The Bertz CT molecular complexity index is 1510. The molecule has 0 radical (unpaired) electrons. The van der Waals surface area contributed by atoms with E-state index in [1.54, 1.807) is 4.90 Å². The minimum Gasteiger partial charge on any atom is -0.493 e. The number of benzene rings is 3. The molecule has 3 aromatic carbocycles. The molecule has 0 aliphatic carbocycles. The Kier molecular flexibility index (Phi) is 4.93. The summed E-state index contributed by atoms with van der Waals surface area (Å²) in [5.74, 6) is 0.656. The van der Waals surface area contributed by atoms with Gasteiger partial charge in [0.15, 0.2) is 0 Å². The second-order valence-corrected chi connectivity index (χ2v) is 10.6. The fourth-order valence-corrected chi connectivity index (χ4v) is 7.12. The normalized spacial score (nSPS) is 26.6. The quantitative estimate of drug-likeness (QED) is 0.451. The molecular formula is C31H29N3O3. The van der Waals surface area contributed by atoms with Crippen LogP contribution in [0, 0.1) is 5.92 Å². The van der Waals surface area contributed by atoms with Gasteiger partial charge in [-0.05, 0) is 36.6 Å². The number of aromatic amines is 1. The molecule has 0 spiro atoms. The summed E-state index contributed by atoms with van der Waals surface area (Å²) in [7, 11) is 0. The van der Waals surface area contributed by atoms with Crippen molar-refractivity contribution in [3.8, 4) is 5.75 Å². The molecule has 6 heteroatoms. The number of rotatable bonds is 4. The molecule has 6 nitrogen and oxygen atoms in total. The third-order valence-corrected chi connectivity index (χ3v) is 8.69. The van der Waals surface area contributed by atoms with Crippen molar-refractivity contribution < 1.29 is 14.3 Å². The zero-order valence-electron chi connectivity index (χ0n) is 20.8. The monoisotopic (exact) mass is 491 g/mol. The topological polar surface area (TPSA) is 65.6 Å². The highest BCUT2D eigenvalue weighted by atomic mass is 16.5. The number of hydrogen-bond donors (Lipinski definition) is 1. The van der Waals surface area contributed by atoms with Gasteiger partial charge in [0.05, 0.1) is 19.2 Å². The van der Waals surface area contributed by atoms with Crippen LogP contribution in [0.15, 0.2) is 85.1 Å². The maximum atomic E-state index is 14.4. The summed E-state index contributed by atoms with van der Waals surface area (Å²) < 4.78 is 6.21. The summed E-state index contributed by atoms with van der Waals surface area (Å²) in [5.41, 5.74) is 3.32. The van der Waals surface area contributed by atoms with Crippen molar-refractivity contribution in [1.29, 1.82) is 0 Å². The van der Waals surface area contributed by atoms with E-state index in [9.17, 15) is 9.59 Å². The summed E-state index contributed by atoms with van der Waals surface area (Å²) in [5, 5.41) is 1.16. The molecule has 4 heterocycles. The van der Waals surface area contributed by atoms with Crippen molar-refractivity contribution in [2.24, 2.45) is 5.92 Å². The number of amides is 2. The van der Waals surface area contributed by atoms with Crippen LogP contribution in [0.3, 0.4) is 0 Å². The van der Waals surface area contributed by atoms with Gasteiger partial charge in [-0.25, -0.2) is 0 Å². The van der Waals surface area contributed by atoms with Crippen molar-refractivity contribution in [2.45, 2.75) is 30.8 Å². The van der Waals surface area contributed by atoms with Gasteiger partial charge < -0.3 is 19.5 Å². The van der Waals surface area contributed by atoms with Crippen molar-refractivity contribution >= 4 is 22.7 Å². The van der Waals surface area contributed by atoms with E-state index in [0.29, 0.717) is 19.6 Å². The molecule has 3 aliphatic heterocycles. The second-order valence-electron chi connectivity index (χ2n) is 10.6. The van der Waals surface area contributed by atoms with E-state index in [1.807, 2.05) is 72.6 Å². The van der Waals surface area contributed by atoms with E-state index < -0.39 is 5.54 Å². The van der Waals surface area contributed by atoms with E-state index in [0.717, 1.165) is 33.3 Å². The molecule has 2 saturated heterocycles. The zero-order chi connectivity index (χ0) is 25.1. The molecule has 3 aliphatic rings. The molecule has 2 amide bonds. The largest absolute Gasteiger partial charge is 0.493 e. The van der Waals surface area contributed by atoms with Gasteiger partial charge in [-0.3, -0.25) is 9.59 Å². The van der Waals surface area contributed by atoms with Crippen LogP contribution < -0.4 is 4.74 Å². The van der Waals surface area contributed by atoms with E-state index in [1.165, 1.54) is 0 Å². The summed E-state index contributed by atoms with van der Waals surface area (Å²) in [6, 6.07) is 26.1. The Morgan fingerprint density at radius 3 is 2.59 bits per heavy atom. The molecule has 3 unspecified atom stereocenters. The fourth-order valence-electron chi connectivity index (χ4n) is 7.12. The molecule has 0 saturated carbocycles. The van der Waals surface area contributed by atoms with E-state index >= 15 is 0 Å². The number of nitrogens with one attached hydrogen (secondary N) is 1. The molecule has 2 fully saturated rings. The molecular weight excluding hydrogens is 462 g/mol. The Morgan fingerprint density at radius 2 is 1.73 bits per heavy atom. The van der Waals surface area contributed by atoms with Crippen LogP contribution in [0.5, 0.6) is 5.75 Å². The highest BCUT2D eigenvalue weighted by molar-refractivity contribution is 6.00. The molecule has 4 atom stereocenters. The van der Waals surface area contributed by atoms with Crippen molar-refractivity contribution in [3.05, 3.63) is 102 Å². The Balaban J connectivity index is 1.28. The van der Waals surface area contributed by atoms with E-state index in [4.69, 9.17) is 4.74 Å². The predicted molar refractivity (Wildman–Crippen MR) is 141 cm³/mol. The van der Waals surface area contributed by atoms with E-state index in [-0.39, 0.29) is 36.2 Å². The lowest BCUT2D eigenvalue weighted by molar-refractivity contribution is -0.163. The summed E-state index contributed by atoms with van der Waals surface area (Å²) in [6.07, 6.45) is 2.70. The van der Waals surface area contributed by atoms with Gasteiger partial charge in [0, 0.05) is 41.0 Å². The minimum atomic E-state index is -0.993. The van der Waals surface area contributed by atoms with Gasteiger partial charge >= 0.3 is 0 Å². The van der Waals surface area contributed by atoms with Gasteiger partial charge in [0.1, 0.15) is 11.3 Å². The SMILES string of the molecule is C[C@@]12C(=O)N(CCc3c[nH]c4ccccc34)CC(=O)N1C1c3ccccc3OCC1C2c1ccccc1. The Labute approximate surface area is 215 Å². The third-order valence-electron chi connectivity index (χ3n) is 8.69. The maximum absolute atomic E-state index is 14.4.